The van der Waals surface area contributed by atoms with E-state index in [4.69, 9.17) is 47.0 Å². The van der Waals surface area contributed by atoms with E-state index in [0.29, 0.717) is 32.0 Å². The van der Waals surface area contributed by atoms with Crippen molar-refractivity contribution in [1.82, 2.24) is 9.88 Å². The van der Waals surface area contributed by atoms with Crippen LogP contribution in [0.4, 0.5) is 5.69 Å². The van der Waals surface area contributed by atoms with E-state index >= 15 is 0 Å². The Morgan fingerprint density at radius 1 is 0.938 bits per heavy atom. The van der Waals surface area contributed by atoms with E-state index < -0.39 is 11.8 Å². The van der Waals surface area contributed by atoms with Crippen LogP contribution >= 0.6 is 47.0 Å². The Bertz CT molecular complexity index is 1330. The average Bonchev–Trinajstić information content (AvgIpc) is 3.01. The smallest absolute Gasteiger partial charge is 0.270 e. The van der Waals surface area contributed by atoms with Crippen LogP contribution in [-0.2, 0) is 9.59 Å². The third kappa shape index (κ3) is 3.95. The van der Waals surface area contributed by atoms with Gasteiger partial charge >= 0.3 is 0 Å². The van der Waals surface area contributed by atoms with Gasteiger partial charge in [0, 0.05) is 16.4 Å². The fourth-order valence-electron chi connectivity index (χ4n) is 3.63. The quantitative estimate of drug-likeness (QED) is 0.275. The van der Waals surface area contributed by atoms with Crippen LogP contribution in [0.25, 0.3) is 11.8 Å². The van der Waals surface area contributed by atoms with E-state index in [2.05, 4.69) is 5.32 Å². The summed E-state index contributed by atoms with van der Waals surface area (Å²) in [6.45, 7) is 3.78. The van der Waals surface area contributed by atoms with Gasteiger partial charge in [-0.05, 0) is 74.1 Å². The van der Waals surface area contributed by atoms with Gasteiger partial charge in [0.1, 0.15) is 5.57 Å². The summed E-state index contributed by atoms with van der Waals surface area (Å²) in [5, 5.41) is 3.95. The first-order chi connectivity index (χ1) is 15.2. The van der Waals surface area contributed by atoms with Gasteiger partial charge in [-0.3, -0.25) is 19.8 Å². The molecular weight excluding hydrogens is 489 g/mol. The normalized spacial score (nSPS) is 15.5. The van der Waals surface area contributed by atoms with Gasteiger partial charge in [-0.1, -0.05) is 46.9 Å². The average molecular weight is 505 g/mol. The summed E-state index contributed by atoms with van der Waals surface area (Å²) in [7, 11) is 0. The van der Waals surface area contributed by atoms with Crippen molar-refractivity contribution in [2.24, 2.45) is 0 Å². The summed E-state index contributed by atoms with van der Waals surface area (Å²) in [6, 6.07) is 13.8. The van der Waals surface area contributed by atoms with Crippen LogP contribution in [-0.4, -0.2) is 21.5 Å². The standard InChI is InChI=1S/C23H16Cl3N3O2S/c1-12-9-14(13(2)28(12)20-11-15(24)7-8-18(20)26)10-16-21(30)27-23(32)29(22(16)31)19-6-4-3-5-17(19)25/h3-11H,1-2H3,(H,27,30,32)/b16-10+. The van der Waals surface area contributed by atoms with E-state index in [1.807, 2.05) is 24.5 Å². The largest absolute Gasteiger partial charge is 0.316 e. The fourth-order valence-corrected chi connectivity index (χ4v) is 4.49. The van der Waals surface area contributed by atoms with Gasteiger partial charge < -0.3 is 4.57 Å². The van der Waals surface area contributed by atoms with Crippen LogP contribution in [0.2, 0.25) is 15.1 Å². The molecular formula is C23H16Cl3N3O2S. The predicted molar refractivity (Wildman–Crippen MR) is 133 cm³/mol. The third-order valence-electron chi connectivity index (χ3n) is 5.11. The number of anilines is 1. The second-order valence-corrected chi connectivity index (χ2v) is 8.80. The minimum Gasteiger partial charge on any atom is -0.316 e. The Kier molecular flexibility index (Phi) is 6.14. The summed E-state index contributed by atoms with van der Waals surface area (Å²) in [5.41, 5.74) is 3.38. The molecule has 0 aliphatic carbocycles. The Labute approximate surface area is 205 Å². The van der Waals surface area contributed by atoms with E-state index in [-0.39, 0.29) is 10.7 Å². The molecule has 1 saturated heterocycles. The summed E-state index contributed by atoms with van der Waals surface area (Å²) in [6.07, 6.45) is 1.54. The molecule has 5 nitrogen and oxygen atoms in total. The third-order valence-corrected chi connectivity index (χ3v) is 6.27. The zero-order chi connectivity index (χ0) is 23.2. The molecule has 1 aliphatic rings. The molecule has 0 unspecified atom stereocenters. The number of para-hydroxylation sites is 1. The highest BCUT2D eigenvalue weighted by molar-refractivity contribution is 7.80. The molecule has 1 fully saturated rings. The number of carbonyl (C=O) groups excluding carboxylic acids is 2. The van der Waals surface area contributed by atoms with Crippen molar-refractivity contribution in [3.8, 4) is 5.69 Å². The number of carbonyl (C=O) groups is 2. The SMILES string of the molecule is Cc1cc(/C=C2\C(=O)NC(=S)N(c3ccccc3Cl)C2=O)c(C)n1-c1cc(Cl)ccc1Cl. The number of nitrogens with one attached hydrogen (secondary N) is 1. The van der Waals surface area contributed by atoms with Crippen molar-refractivity contribution in [3.63, 3.8) is 0 Å². The molecule has 1 aliphatic heterocycles. The summed E-state index contributed by atoms with van der Waals surface area (Å²) < 4.78 is 1.92. The molecule has 3 aromatic rings. The van der Waals surface area contributed by atoms with Gasteiger partial charge in [0.05, 0.1) is 21.4 Å². The zero-order valence-electron chi connectivity index (χ0n) is 16.9. The highest BCUT2D eigenvalue weighted by Gasteiger charge is 2.35. The van der Waals surface area contributed by atoms with Gasteiger partial charge in [0.2, 0.25) is 0 Å². The number of aromatic nitrogens is 1. The number of aryl methyl sites for hydroxylation is 1. The van der Waals surface area contributed by atoms with Crippen molar-refractivity contribution in [2.45, 2.75) is 13.8 Å². The van der Waals surface area contributed by atoms with Crippen molar-refractivity contribution in [3.05, 3.63) is 86.1 Å². The van der Waals surface area contributed by atoms with Crippen LogP contribution in [0.1, 0.15) is 17.0 Å². The Hall–Kier alpha value is -2.64. The number of nitrogens with zero attached hydrogens (tertiary/aromatic N) is 2. The van der Waals surface area contributed by atoms with Gasteiger partial charge in [0.25, 0.3) is 11.8 Å². The zero-order valence-corrected chi connectivity index (χ0v) is 20.0. The molecule has 162 valence electrons. The molecule has 2 heterocycles. The van der Waals surface area contributed by atoms with Crippen molar-refractivity contribution >= 4 is 75.7 Å². The molecule has 0 atom stereocenters. The Morgan fingerprint density at radius 2 is 1.62 bits per heavy atom. The molecule has 4 rings (SSSR count). The predicted octanol–water partition coefficient (Wildman–Crippen LogP) is 5.89. The number of amides is 2. The maximum atomic E-state index is 13.3. The number of rotatable bonds is 3. The minimum absolute atomic E-state index is 0.0265. The molecule has 0 bridgehead atoms. The Morgan fingerprint density at radius 3 is 2.34 bits per heavy atom. The lowest BCUT2D eigenvalue weighted by Crippen LogP contribution is -2.54. The maximum absolute atomic E-state index is 13.3. The van der Waals surface area contributed by atoms with E-state index in [1.54, 1.807) is 48.5 Å². The highest BCUT2D eigenvalue weighted by Crippen LogP contribution is 2.32. The first-order valence-corrected chi connectivity index (χ1v) is 11.0. The van der Waals surface area contributed by atoms with E-state index in [9.17, 15) is 9.59 Å². The van der Waals surface area contributed by atoms with Crippen LogP contribution in [0.3, 0.4) is 0 Å². The first kappa shape index (κ1) is 22.6. The van der Waals surface area contributed by atoms with Crippen LogP contribution in [0.15, 0.2) is 54.1 Å². The van der Waals surface area contributed by atoms with Gasteiger partial charge in [-0.25, -0.2) is 0 Å². The first-order valence-electron chi connectivity index (χ1n) is 9.49. The van der Waals surface area contributed by atoms with Crippen molar-refractivity contribution in [2.75, 3.05) is 4.90 Å². The monoisotopic (exact) mass is 503 g/mol. The number of hydrogen-bond acceptors (Lipinski definition) is 3. The number of benzene rings is 2. The minimum atomic E-state index is -0.575. The molecule has 0 spiro atoms. The van der Waals surface area contributed by atoms with Crippen LogP contribution < -0.4 is 10.2 Å². The number of thiocarbonyl (C=S) groups is 1. The molecule has 0 saturated carbocycles. The van der Waals surface area contributed by atoms with Crippen molar-refractivity contribution in [1.29, 1.82) is 0 Å². The Balaban J connectivity index is 1.81. The molecule has 0 radical (unpaired) electrons. The molecule has 1 aromatic heterocycles. The summed E-state index contributed by atoms with van der Waals surface area (Å²) in [4.78, 5) is 27.2. The van der Waals surface area contributed by atoms with Gasteiger partial charge in [-0.2, -0.15) is 0 Å². The molecule has 9 heteroatoms. The molecule has 2 amide bonds. The molecule has 2 aromatic carbocycles. The molecule has 1 N–H and O–H groups in total. The number of hydrogen-bond donors (Lipinski definition) is 1. The number of halogens is 3. The fraction of sp³-hybridized carbons (Fsp3) is 0.0870. The van der Waals surface area contributed by atoms with Gasteiger partial charge in [-0.15, -0.1) is 0 Å². The van der Waals surface area contributed by atoms with E-state index in [1.165, 1.54) is 4.90 Å². The lowest BCUT2D eigenvalue weighted by molar-refractivity contribution is -0.122. The summed E-state index contributed by atoms with van der Waals surface area (Å²) in [5.74, 6) is -1.13. The summed E-state index contributed by atoms with van der Waals surface area (Å²) >= 11 is 24.1. The topological polar surface area (TPSA) is 54.3 Å². The molecule has 32 heavy (non-hydrogen) atoms. The van der Waals surface area contributed by atoms with Crippen LogP contribution in [0.5, 0.6) is 0 Å². The maximum Gasteiger partial charge on any atom is 0.270 e. The lowest BCUT2D eigenvalue weighted by Gasteiger charge is -2.29. The van der Waals surface area contributed by atoms with Gasteiger partial charge in [0.15, 0.2) is 5.11 Å². The second kappa shape index (κ2) is 8.71. The van der Waals surface area contributed by atoms with Crippen LogP contribution in [0, 0.1) is 13.8 Å². The lowest BCUT2D eigenvalue weighted by atomic mass is 10.1. The van der Waals surface area contributed by atoms with Crippen molar-refractivity contribution < 1.29 is 9.59 Å². The highest BCUT2D eigenvalue weighted by atomic mass is 35.5. The van der Waals surface area contributed by atoms with E-state index in [0.717, 1.165) is 11.4 Å². The second-order valence-electron chi connectivity index (χ2n) is 7.17.